The molecule has 0 bridgehead atoms. The fourth-order valence-electron chi connectivity index (χ4n) is 2.94. The Morgan fingerprint density at radius 1 is 1.28 bits per heavy atom. The first-order valence-electron chi connectivity index (χ1n) is 8.18. The van der Waals surface area contributed by atoms with E-state index in [1.165, 1.54) is 17.0 Å². The lowest BCUT2D eigenvalue weighted by Crippen LogP contribution is -2.36. The zero-order chi connectivity index (χ0) is 18.0. The number of hydrogen-bond acceptors (Lipinski definition) is 3. The lowest BCUT2D eigenvalue weighted by atomic mass is 10.1. The van der Waals surface area contributed by atoms with Crippen LogP contribution in [-0.4, -0.2) is 35.3 Å². The Bertz CT molecular complexity index is 809. The Hall–Kier alpha value is -2.76. The zero-order valence-corrected chi connectivity index (χ0v) is 14.2. The van der Waals surface area contributed by atoms with Crippen LogP contribution in [0.15, 0.2) is 42.5 Å². The maximum Gasteiger partial charge on any atom is 0.245 e. The van der Waals surface area contributed by atoms with Gasteiger partial charge in [0.05, 0.1) is 6.54 Å². The fraction of sp³-hybridized carbons (Fsp3) is 0.316. The number of nitrogens with one attached hydrogen (secondary N) is 1. The van der Waals surface area contributed by atoms with Crippen molar-refractivity contribution in [3.05, 3.63) is 59.5 Å². The summed E-state index contributed by atoms with van der Waals surface area (Å²) in [6.07, 6.45) is 0.688. The Morgan fingerprint density at radius 3 is 2.76 bits per heavy atom. The minimum absolute atomic E-state index is 0.0344. The molecule has 0 spiro atoms. The van der Waals surface area contributed by atoms with Crippen LogP contribution in [0.3, 0.4) is 0 Å². The molecular weight excluding hydrogens is 321 g/mol. The summed E-state index contributed by atoms with van der Waals surface area (Å²) >= 11 is 0. The second-order valence-electron chi connectivity index (χ2n) is 6.41. The van der Waals surface area contributed by atoms with Crippen LogP contribution >= 0.6 is 0 Å². The molecule has 1 heterocycles. The molecule has 130 valence electrons. The first-order chi connectivity index (χ1) is 11.9. The standard InChI is InChI=1S/C19H20FN3O2/c1-12-5-3-8-17(21-12)22-18(24)11-23(2)19(25)16-10-15(16)13-6-4-7-14(20)9-13/h3-9,15-16H,10-11H2,1-2H3,(H,21,22,24)/t15-,16+/m1/s1. The molecule has 1 aromatic carbocycles. The lowest BCUT2D eigenvalue weighted by molar-refractivity contribution is -0.134. The van der Waals surface area contributed by atoms with Crippen molar-refractivity contribution in [1.29, 1.82) is 0 Å². The molecule has 2 aromatic rings. The largest absolute Gasteiger partial charge is 0.336 e. The molecule has 0 unspecified atom stereocenters. The topological polar surface area (TPSA) is 62.3 Å². The summed E-state index contributed by atoms with van der Waals surface area (Å²) < 4.78 is 13.3. The van der Waals surface area contributed by atoms with Crippen LogP contribution in [0.4, 0.5) is 10.2 Å². The first-order valence-corrected chi connectivity index (χ1v) is 8.18. The van der Waals surface area contributed by atoms with Crippen molar-refractivity contribution in [1.82, 2.24) is 9.88 Å². The molecular formula is C19H20FN3O2. The van der Waals surface area contributed by atoms with Crippen LogP contribution in [0.2, 0.25) is 0 Å². The number of halogens is 1. The SMILES string of the molecule is Cc1cccc(NC(=O)CN(C)C(=O)[C@H]2C[C@@H]2c2cccc(F)c2)n1. The smallest absolute Gasteiger partial charge is 0.245 e. The minimum atomic E-state index is -0.297. The summed E-state index contributed by atoms with van der Waals surface area (Å²) in [5, 5.41) is 2.68. The summed E-state index contributed by atoms with van der Waals surface area (Å²) in [5.41, 5.74) is 1.64. The van der Waals surface area contributed by atoms with Crippen molar-refractivity contribution >= 4 is 17.6 Å². The average molecular weight is 341 g/mol. The van der Waals surface area contributed by atoms with Crippen molar-refractivity contribution in [2.45, 2.75) is 19.3 Å². The minimum Gasteiger partial charge on any atom is -0.336 e. The van der Waals surface area contributed by atoms with E-state index in [1.54, 1.807) is 25.2 Å². The molecule has 0 saturated heterocycles. The van der Waals surface area contributed by atoms with Crippen molar-refractivity contribution < 1.29 is 14.0 Å². The van der Waals surface area contributed by atoms with Gasteiger partial charge < -0.3 is 10.2 Å². The van der Waals surface area contributed by atoms with Crippen LogP contribution < -0.4 is 5.32 Å². The molecule has 6 heteroatoms. The molecule has 0 aliphatic heterocycles. The molecule has 1 N–H and O–H groups in total. The third kappa shape index (κ3) is 4.21. The van der Waals surface area contributed by atoms with Crippen molar-refractivity contribution in [2.24, 2.45) is 5.92 Å². The second-order valence-corrected chi connectivity index (χ2v) is 6.41. The summed E-state index contributed by atoms with van der Waals surface area (Å²) in [6, 6.07) is 11.7. The van der Waals surface area contributed by atoms with E-state index in [1.807, 2.05) is 19.1 Å². The van der Waals surface area contributed by atoms with Crippen LogP contribution in [-0.2, 0) is 9.59 Å². The number of rotatable bonds is 5. The summed E-state index contributed by atoms with van der Waals surface area (Å²) in [6.45, 7) is 1.80. The quantitative estimate of drug-likeness (QED) is 0.909. The lowest BCUT2D eigenvalue weighted by Gasteiger charge is -2.17. The number of aryl methyl sites for hydroxylation is 1. The van der Waals surface area contributed by atoms with Crippen molar-refractivity contribution in [3.8, 4) is 0 Å². The Morgan fingerprint density at radius 2 is 2.04 bits per heavy atom. The van der Waals surface area contributed by atoms with Gasteiger partial charge in [-0.15, -0.1) is 0 Å². The van der Waals surface area contributed by atoms with Crippen molar-refractivity contribution in [2.75, 3.05) is 18.9 Å². The van der Waals surface area contributed by atoms with E-state index >= 15 is 0 Å². The predicted molar refractivity (Wildman–Crippen MR) is 92.5 cm³/mol. The number of benzene rings is 1. The molecule has 0 radical (unpaired) electrons. The molecule has 1 aliphatic carbocycles. The van der Waals surface area contributed by atoms with Gasteiger partial charge in [0.1, 0.15) is 11.6 Å². The molecule has 2 amide bonds. The van der Waals surface area contributed by atoms with E-state index in [0.717, 1.165) is 11.3 Å². The normalized spacial score (nSPS) is 18.5. The van der Waals surface area contributed by atoms with Gasteiger partial charge in [0, 0.05) is 18.7 Å². The molecule has 1 saturated carbocycles. The number of amides is 2. The summed E-state index contributed by atoms with van der Waals surface area (Å²) in [7, 11) is 1.60. The van der Waals surface area contributed by atoms with Gasteiger partial charge in [0.15, 0.2) is 0 Å². The Balaban J connectivity index is 1.54. The van der Waals surface area contributed by atoms with E-state index in [9.17, 15) is 14.0 Å². The van der Waals surface area contributed by atoms with Gasteiger partial charge in [-0.3, -0.25) is 9.59 Å². The maximum absolute atomic E-state index is 13.3. The molecule has 5 nitrogen and oxygen atoms in total. The molecule has 1 fully saturated rings. The number of anilines is 1. The van der Waals surface area contributed by atoms with E-state index in [-0.39, 0.29) is 36.0 Å². The van der Waals surface area contributed by atoms with E-state index < -0.39 is 0 Å². The number of nitrogens with zero attached hydrogens (tertiary/aromatic N) is 2. The van der Waals surface area contributed by atoms with Gasteiger partial charge in [-0.2, -0.15) is 0 Å². The fourth-order valence-corrected chi connectivity index (χ4v) is 2.94. The number of likely N-dealkylation sites (N-methyl/N-ethyl adjacent to an activating group) is 1. The molecule has 3 rings (SSSR count). The van der Waals surface area contributed by atoms with Crippen LogP contribution in [0.25, 0.3) is 0 Å². The number of carbonyl (C=O) groups is 2. The molecule has 1 aliphatic rings. The second kappa shape index (κ2) is 7.01. The third-order valence-electron chi connectivity index (χ3n) is 4.30. The van der Waals surface area contributed by atoms with Crippen molar-refractivity contribution in [3.63, 3.8) is 0 Å². The highest BCUT2D eigenvalue weighted by atomic mass is 19.1. The zero-order valence-electron chi connectivity index (χ0n) is 14.2. The maximum atomic E-state index is 13.3. The van der Waals surface area contributed by atoms with Gasteiger partial charge in [-0.1, -0.05) is 18.2 Å². The number of carbonyl (C=O) groups excluding carboxylic acids is 2. The first kappa shape index (κ1) is 17.1. The van der Waals surface area contributed by atoms with E-state index in [0.29, 0.717) is 12.2 Å². The highest BCUT2D eigenvalue weighted by Gasteiger charge is 2.45. The highest BCUT2D eigenvalue weighted by Crippen LogP contribution is 2.48. The van der Waals surface area contributed by atoms with Crippen LogP contribution in [0, 0.1) is 18.7 Å². The van der Waals surface area contributed by atoms with Crippen LogP contribution in [0.1, 0.15) is 23.6 Å². The van der Waals surface area contributed by atoms with Crippen LogP contribution in [0.5, 0.6) is 0 Å². The number of aromatic nitrogens is 1. The predicted octanol–water partition coefficient (Wildman–Crippen LogP) is 2.73. The molecule has 2 atom stereocenters. The average Bonchev–Trinajstić information content (AvgIpc) is 3.34. The third-order valence-corrected chi connectivity index (χ3v) is 4.30. The summed E-state index contributed by atoms with van der Waals surface area (Å²) in [4.78, 5) is 30.1. The Labute approximate surface area is 145 Å². The summed E-state index contributed by atoms with van der Waals surface area (Å²) in [5.74, 6) is -0.369. The van der Waals surface area contributed by atoms with E-state index in [4.69, 9.17) is 0 Å². The van der Waals surface area contributed by atoms with Gasteiger partial charge >= 0.3 is 0 Å². The van der Waals surface area contributed by atoms with Gasteiger partial charge in [-0.25, -0.2) is 9.37 Å². The van der Waals surface area contributed by atoms with Gasteiger partial charge in [0.25, 0.3) is 0 Å². The van der Waals surface area contributed by atoms with Gasteiger partial charge in [-0.05, 0) is 49.1 Å². The Kier molecular flexibility index (Phi) is 4.79. The van der Waals surface area contributed by atoms with E-state index in [2.05, 4.69) is 10.3 Å². The molecule has 25 heavy (non-hydrogen) atoms. The highest BCUT2D eigenvalue weighted by molar-refractivity contribution is 5.94. The number of hydrogen-bond donors (Lipinski definition) is 1. The monoisotopic (exact) mass is 341 g/mol. The number of pyridine rings is 1. The van der Waals surface area contributed by atoms with Gasteiger partial charge in [0.2, 0.25) is 11.8 Å². The molecule has 1 aromatic heterocycles.